The molecular formula is C25H28N2O8. The van der Waals surface area contributed by atoms with Gasteiger partial charge in [0.15, 0.2) is 23.0 Å². The summed E-state index contributed by atoms with van der Waals surface area (Å²) in [6.45, 7) is 0.343. The minimum atomic E-state index is -0.872. The summed E-state index contributed by atoms with van der Waals surface area (Å²) in [7, 11) is 1.22. The predicted octanol–water partition coefficient (Wildman–Crippen LogP) is 2.18. The lowest BCUT2D eigenvalue weighted by Crippen LogP contribution is -2.40. The second-order valence-electron chi connectivity index (χ2n) is 7.53. The number of carbonyl (C=O) groups is 3. The van der Waals surface area contributed by atoms with Crippen LogP contribution in [0.2, 0.25) is 0 Å². The van der Waals surface area contributed by atoms with Crippen LogP contribution < -0.4 is 10.6 Å². The van der Waals surface area contributed by atoms with E-state index in [1.165, 1.54) is 61.7 Å². The second kappa shape index (κ2) is 13.3. The van der Waals surface area contributed by atoms with Gasteiger partial charge in [0.05, 0.1) is 7.11 Å². The van der Waals surface area contributed by atoms with Crippen molar-refractivity contribution in [3.63, 3.8) is 0 Å². The Balaban J connectivity index is 1.77. The maximum Gasteiger partial charge on any atom is 0.328 e. The van der Waals surface area contributed by atoms with Crippen LogP contribution in [0.4, 0.5) is 0 Å². The first-order chi connectivity index (χ1) is 16.7. The monoisotopic (exact) mass is 484 g/mol. The van der Waals surface area contributed by atoms with Gasteiger partial charge in [-0.1, -0.05) is 12.1 Å². The average Bonchev–Trinajstić information content (AvgIpc) is 2.84. The van der Waals surface area contributed by atoms with Crippen molar-refractivity contribution in [2.45, 2.75) is 25.3 Å². The molecule has 35 heavy (non-hydrogen) atoms. The first-order valence-corrected chi connectivity index (χ1v) is 10.8. The number of ether oxygens (including phenoxy) is 1. The number of hydrogen-bond acceptors (Lipinski definition) is 8. The Hall–Kier alpha value is -4.47. The average molecular weight is 485 g/mol. The zero-order chi connectivity index (χ0) is 25.8. The van der Waals surface area contributed by atoms with Crippen molar-refractivity contribution >= 4 is 29.9 Å². The van der Waals surface area contributed by atoms with E-state index in [1.54, 1.807) is 6.07 Å². The van der Waals surface area contributed by atoms with Crippen LogP contribution in [0.1, 0.15) is 30.4 Å². The molecule has 0 spiro atoms. The molecule has 2 aromatic carbocycles. The highest BCUT2D eigenvalue weighted by Crippen LogP contribution is 2.26. The molecule has 0 saturated carbocycles. The van der Waals surface area contributed by atoms with Gasteiger partial charge in [0.25, 0.3) is 0 Å². The molecule has 10 nitrogen and oxygen atoms in total. The molecule has 0 aromatic heterocycles. The molecule has 0 aliphatic heterocycles. The van der Waals surface area contributed by atoms with Crippen LogP contribution in [-0.4, -0.2) is 57.9 Å². The molecule has 186 valence electrons. The third kappa shape index (κ3) is 9.12. The van der Waals surface area contributed by atoms with Gasteiger partial charge in [-0.2, -0.15) is 0 Å². The number of unbranched alkanes of at least 4 members (excludes halogenated alkanes) is 1. The Morgan fingerprint density at radius 2 is 1.37 bits per heavy atom. The first kappa shape index (κ1) is 26.8. The van der Waals surface area contributed by atoms with Crippen molar-refractivity contribution in [2.75, 3.05) is 13.7 Å². The van der Waals surface area contributed by atoms with E-state index < -0.39 is 17.9 Å². The van der Waals surface area contributed by atoms with Gasteiger partial charge in [0.2, 0.25) is 11.8 Å². The van der Waals surface area contributed by atoms with Crippen molar-refractivity contribution in [1.29, 1.82) is 0 Å². The molecule has 6 N–H and O–H groups in total. The number of esters is 1. The molecule has 2 aromatic rings. The summed E-state index contributed by atoms with van der Waals surface area (Å²) >= 11 is 0. The minimum absolute atomic E-state index is 0.248. The van der Waals surface area contributed by atoms with Gasteiger partial charge in [-0.3, -0.25) is 9.59 Å². The SMILES string of the molecule is COC(=O)[C@H](CCCCNC(=O)/C=C/c1ccc(O)c(O)c1)NC(=O)/C=C/c1ccc(O)c(O)c1. The Morgan fingerprint density at radius 1 is 0.829 bits per heavy atom. The van der Waals surface area contributed by atoms with Crippen LogP contribution in [0.15, 0.2) is 48.6 Å². The van der Waals surface area contributed by atoms with E-state index in [-0.39, 0.29) is 28.9 Å². The summed E-state index contributed by atoms with van der Waals surface area (Å²) in [6.07, 6.45) is 6.77. The maximum atomic E-state index is 12.2. The molecule has 0 aliphatic rings. The van der Waals surface area contributed by atoms with Crippen LogP contribution in [0.5, 0.6) is 23.0 Å². The molecule has 0 bridgehead atoms. The zero-order valence-corrected chi connectivity index (χ0v) is 19.1. The van der Waals surface area contributed by atoms with Gasteiger partial charge in [0.1, 0.15) is 6.04 Å². The van der Waals surface area contributed by atoms with Gasteiger partial charge in [-0.05, 0) is 66.8 Å². The lowest BCUT2D eigenvalue weighted by atomic mass is 10.1. The van der Waals surface area contributed by atoms with E-state index in [0.29, 0.717) is 36.9 Å². The van der Waals surface area contributed by atoms with Gasteiger partial charge in [0, 0.05) is 18.7 Å². The number of phenolic OH excluding ortho intramolecular Hbond substituents is 4. The fourth-order valence-corrected chi connectivity index (χ4v) is 2.99. The van der Waals surface area contributed by atoms with E-state index in [4.69, 9.17) is 4.74 Å². The number of aromatic hydroxyl groups is 4. The highest BCUT2D eigenvalue weighted by Gasteiger charge is 2.20. The molecule has 0 saturated heterocycles. The third-order valence-corrected chi connectivity index (χ3v) is 4.87. The molecule has 0 unspecified atom stereocenters. The number of rotatable bonds is 11. The summed E-state index contributed by atoms with van der Waals surface area (Å²) in [4.78, 5) is 36.1. The lowest BCUT2D eigenvalue weighted by Gasteiger charge is -2.15. The highest BCUT2D eigenvalue weighted by molar-refractivity contribution is 5.94. The Labute approximate surface area is 202 Å². The fourth-order valence-electron chi connectivity index (χ4n) is 2.99. The minimum Gasteiger partial charge on any atom is -0.504 e. The fraction of sp³-hybridized carbons (Fsp3) is 0.240. The van der Waals surface area contributed by atoms with Crippen molar-refractivity contribution in [3.05, 3.63) is 59.7 Å². The Bertz CT molecular complexity index is 1110. The van der Waals surface area contributed by atoms with E-state index >= 15 is 0 Å². The van der Waals surface area contributed by atoms with Crippen LogP contribution in [0, 0.1) is 0 Å². The molecule has 0 aliphatic carbocycles. The smallest absolute Gasteiger partial charge is 0.328 e. The molecule has 0 radical (unpaired) electrons. The van der Waals surface area contributed by atoms with Crippen molar-refractivity contribution in [3.8, 4) is 23.0 Å². The summed E-state index contributed by atoms with van der Waals surface area (Å²) in [5.74, 6) is -2.60. The topological polar surface area (TPSA) is 165 Å². The third-order valence-electron chi connectivity index (χ3n) is 4.87. The predicted molar refractivity (Wildman–Crippen MR) is 128 cm³/mol. The summed E-state index contributed by atoms with van der Waals surface area (Å²) in [6, 6.07) is 7.40. The van der Waals surface area contributed by atoms with Gasteiger partial charge in [-0.25, -0.2) is 4.79 Å². The number of phenols is 4. The number of benzene rings is 2. The summed E-state index contributed by atoms with van der Waals surface area (Å²) in [5, 5.41) is 42.8. The summed E-state index contributed by atoms with van der Waals surface area (Å²) < 4.78 is 4.74. The number of hydrogen-bond donors (Lipinski definition) is 6. The molecule has 0 fully saturated rings. The van der Waals surface area contributed by atoms with Crippen molar-refractivity contribution in [2.24, 2.45) is 0 Å². The Kier molecular flexibility index (Phi) is 10.2. The molecule has 2 rings (SSSR count). The quantitative estimate of drug-likeness (QED) is 0.122. The van der Waals surface area contributed by atoms with Crippen LogP contribution in [-0.2, 0) is 19.1 Å². The molecular weight excluding hydrogens is 456 g/mol. The molecule has 10 heteroatoms. The lowest BCUT2D eigenvalue weighted by molar-refractivity contribution is -0.144. The number of amides is 2. The maximum absolute atomic E-state index is 12.2. The molecule has 2 amide bonds. The Morgan fingerprint density at radius 3 is 1.89 bits per heavy atom. The highest BCUT2D eigenvalue weighted by atomic mass is 16.5. The van der Waals surface area contributed by atoms with E-state index in [2.05, 4.69) is 10.6 Å². The van der Waals surface area contributed by atoms with Gasteiger partial charge in [-0.15, -0.1) is 0 Å². The van der Waals surface area contributed by atoms with E-state index in [1.807, 2.05) is 0 Å². The molecule has 1 atom stereocenters. The zero-order valence-electron chi connectivity index (χ0n) is 19.1. The summed E-state index contributed by atoms with van der Waals surface area (Å²) in [5.41, 5.74) is 1.03. The normalized spacial score (nSPS) is 11.9. The van der Waals surface area contributed by atoms with Crippen LogP contribution >= 0.6 is 0 Å². The van der Waals surface area contributed by atoms with E-state index in [9.17, 15) is 34.8 Å². The first-order valence-electron chi connectivity index (χ1n) is 10.8. The number of methoxy groups -OCH3 is 1. The van der Waals surface area contributed by atoms with Crippen molar-refractivity contribution < 1.29 is 39.5 Å². The van der Waals surface area contributed by atoms with Crippen LogP contribution in [0.3, 0.4) is 0 Å². The number of carbonyl (C=O) groups excluding carboxylic acids is 3. The van der Waals surface area contributed by atoms with Gasteiger partial charge >= 0.3 is 5.97 Å². The largest absolute Gasteiger partial charge is 0.504 e. The molecule has 0 heterocycles. The van der Waals surface area contributed by atoms with E-state index in [0.717, 1.165) is 0 Å². The second-order valence-corrected chi connectivity index (χ2v) is 7.53. The van der Waals surface area contributed by atoms with Crippen LogP contribution in [0.25, 0.3) is 12.2 Å². The van der Waals surface area contributed by atoms with Crippen molar-refractivity contribution in [1.82, 2.24) is 10.6 Å². The standard InChI is InChI=1S/C25H28N2O8/c1-35-25(34)18(27-24(33)12-8-17-6-10-20(29)22(31)15-17)4-2-3-13-26-23(32)11-7-16-5-9-19(28)21(30)14-16/h5-12,14-15,18,28-31H,2-4,13H2,1H3,(H,26,32)(H,27,33)/b11-7+,12-8+/t18-/m0/s1. The number of nitrogens with one attached hydrogen (secondary N) is 2. The van der Waals surface area contributed by atoms with Gasteiger partial charge < -0.3 is 35.8 Å².